The Balaban J connectivity index is 1.73. The van der Waals surface area contributed by atoms with Crippen LogP contribution in [0.5, 0.6) is 0 Å². The third kappa shape index (κ3) is 3.28. The summed E-state index contributed by atoms with van der Waals surface area (Å²) in [5.41, 5.74) is 18.4. The van der Waals surface area contributed by atoms with Gasteiger partial charge in [-0.1, -0.05) is 38.1 Å². The first kappa shape index (κ1) is 19.2. The van der Waals surface area contributed by atoms with Gasteiger partial charge in [0, 0.05) is 11.8 Å². The lowest BCUT2D eigenvalue weighted by atomic mass is 9.90. The molecule has 2 heterocycles. The second kappa shape index (κ2) is 7.03. The molecule has 4 rings (SSSR count). The Morgan fingerprint density at radius 3 is 2.48 bits per heavy atom. The summed E-state index contributed by atoms with van der Waals surface area (Å²) in [6.07, 6.45) is 0.682. The zero-order valence-corrected chi connectivity index (χ0v) is 17.6. The number of benzene rings is 2. The van der Waals surface area contributed by atoms with Crippen LogP contribution in [-0.4, -0.2) is 15.1 Å². The molecular formula is C23H27N5O. The SMILES string of the molecule is Cc1c(C(C)Cc2nc(N)c3ccc(C(C)C)cc3n2)cc(C)c2c(N)noc12. The van der Waals surface area contributed by atoms with Gasteiger partial charge in [-0.3, -0.25) is 0 Å². The van der Waals surface area contributed by atoms with Crippen molar-refractivity contribution in [1.29, 1.82) is 0 Å². The zero-order chi connectivity index (χ0) is 20.9. The number of nitrogens with two attached hydrogens (primary N) is 2. The fourth-order valence-corrected chi connectivity index (χ4v) is 4.05. The minimum Gasteiger partial charge on any atom is -0.383 e. The number of fused-ring (bicyclic) bond motifs is 2. The molecule has 6 heteroatoms. The van der Waals surface area contributed by atoms with Gasteiger partial charge in [0.15, 0.2) is 11.4 Å². The van der Waals surface area contributed by atoms with Gasteiger partial charge >= 0.3 is 0 Å². The normalized spacial score (nSPS) is 12.9. The van der Waals surface area contributed by atoms with Gasteiger partial charge in [0.25, 0.3) is 0 Å². The molecule has 0 spiro atoms. The molecule has 2 aromatic carbocycles. The maximum Gasteiger partial charge on any atom is 0.175 e. The van der Waals surface area contributed by atoms with Crippen molar-refractivity contribution in [3.05, 3.63) is 52.3 Å². The largest absolute Gasteiger partial charge is 0.383 e. The van der Waals surface area contributed by atoms with Gasteiger partial charge in [0.1, 0.15) is 11.6 Å². The van der Waals surface area contributed by atoms with Gasteiger partial charge in [0.05, 0.1) is 10.9 Å². The van der Waals surface area contributed by atoms with Crippen LogP contribution >= 0.6 is 0 Å². The van der Waals surface area contributed by atoms with Gasteiger partial charge in [-0.15, -0.1) is 0 Å². The molecule has 0 aliphatic carbocycles. The predicted molar refractivity (Wildman–Crippen MR) is 118 cm³/mol. The standard InChI is InChI=1S/C23H27N5O/c1-11(2)15-6-7-16-18(10-15)26-19(27-22(16)24)9-12(3)17-8-13(4)20-21(14(17)5)29-28-23(20)25/h6-8,10-12H,9H2,1-5H3,(H2,25,28)(H2,24,26,27). The molecule has 0 aliphatic heterocycles. The van der Waals surface area contributed by atoms with E-state index in [0.717, 1.165) is 38.8 Å². The molecule has 6 nitrogen and oxygen atoms in total. The van der Waals surface area contributed by atoms with E-state index in [1.54, 1.807) is 0 Å². The van der Waals surface area contributed by atoms with Gasteiger partial charge in [-0.25, -0.2) is 9.97 Å². The van der Waals surface area contributed by atoms with Crippen molar-refractivity contribution in [2.24, 2.45) is 0 Å². The molecular weight excluding hydrogens is 362 g/mol. The summed E-state index contributed by atoms with van der Waals surface area (Å²) in [4.78, 5) is 9.39. The smallest absolute Gasteiger partial charge is 0.175 e. The van der Waals surface area contributed by atoms with E-state index in [1.165, 1.54) is 11.1 Å². The Hall–Kier alpha value is -3.15. The van der Waals surface area contributed by atoms with Crippen LogP contribution in [0.4, 0.5) is 11.6 Å². The van der Waals surface area contributed by atoms with E-state index < -0.39 is 0 Å². The summed E-state index contributed by atoms with van der Waals surface area (Å²) in [5.74, 6) is 2.34. The molecule has 2 aromatic heterocycles. The molecule has 1 atom stereocenters. The van der Waals surface area contributed by atoms with E-state index in [1.807, 2.05) is 19.9 Å². The molecule has 0 amide bonds. The first-order valence-electron chi connectivity index (χ1n) is 9.97. The molecule has 0 aliphatic rings. The maximum atomic E-state index is 6.24. The van der Waals surface area contributed by atoms with E-state index in [-0.39, 0.29) is 5.92 Å². The number of rotatable bonds is 4. The van der Waals surface area contributed by atoms with Gasteiger partial charge in [-0.05, 0) is 60.1 Å². The number of aryl methyl sites for hydroxylation is 2. The second-order valence-corrected chi connectivity index (χ2v) is 8.24. The Morgan fingerprint density at radius 1 is 1.00 bits per heavy atom. The average molecular weight is 390 g/mol. The second-order valence-electron chi connectivity index (χ2n) is 8.24. The summed E-state index contributed by atoms with van der Waals surface area (Å²) >= 11 is 0. The molecule has 0 fully saturated rings. The van der Waals surface area contributed by atoms with Crippen LogP contribution in [0.1, 0.15) is 60.7 Å². The van der Waals surface area contributed by atoms with E-state index >= 15 is 0 Å². The highest BCUT2D eigenvalue weighted by atomic mass is 16.5. The van der Waals surface area contributed by atoms with Crippen LogP contribution in [0.25, 0.3) is 21.9 Å². The number of hydrogen-bond acceptors (Lipinski definition) is 6. The van der Waals surface area contributed by atoms with E-state index in [9.17, 15) is 0 Å². The highest BCUT2D eigenvalue weighted by Crippen LogP contribution is 2.34. The van der Waals surface area contributed by atoms with E-state index in [0.29, 0.717) is 24.0 Å². The van der Waals surface area contributed by atoms with Crippen LogP contribution in [0.3, 0.4) is 0 Å². The van der Waals surface area contributed by atoms with Gasteiger partial charge in [0.2, 0.25) is 0 Å². The van der Waals surface area contributed by atoms with Crippen molar-refractivity contribution >= 4 is 33.5 Å². The molecule has 0 radical (unpaired) electrons. The minimum absolute atomic E-state index is 0.189. The monoisotopic (exact) mass is 389 g/mol. The summed E-state index contributed by atoms with van der Waals surface area (Å²) in [7, 11) is 0. The zero-order valence-electron chi connectivity index (χ0n) is 17.6. The van der Waals surface area contributed by atoms with Gasteiger partial charge < -0.3 is 16.0 Å². The lowest BCUT2D eigenvalue weighted by Crippen LogP contribution is -2.07. The quantitative estimate of drug-likeness (QED) is 0.508. The number of hydrogen-bond donors (Lipinski definition) is 2. The van der Waals surface area contributed by atoms with Crippen molar-refractivity contribution in [3.63, 3.8) is 0 Å². The van der Waals surface area contributed by atoms with Crippen molar-refractivity contribution in [2.45, 2.75) is 52.9 Å². The molecule has 4 aromatic rings. The molecule has 29 heavy (non-hydrogen) atoms. The Kier molecular flexibility index (Phi) is 4.65. The van der Waals surface area contributed by atoms with Gasteiger partial charge in [-0.2, -0.15) is 0 Å². The summed E-state index contributed by atoms with van der Waals surface area (Å²) < 4.78 is 5.49. The number of anilines is 2. The summed E-state index contributed by atoms with van der Waals surface area (Å²) in [6, 6.07) is 8.39. The van der Waals surface area contributed by atoms with Crippen molar-refractivity contribution in [2.75, 3.05) is 11.5 Å². The fraction of sp³-hybridized carbons (Fsp3) is 0.348. The summed E-state index contributed by atoms with van der Waals surface area (Å²) in [6.45, 7) is 10.6. The lowest BCUT2D eigenvalue weighted by Gasteiger charge is -2.16. The molecule has 0 bridgehead atoms. The van der Waals surface area contributed by atoms with E-state index in [4.69, 9.17) is 21.0 Å². The third-order valence-corrected chi connectivity index (χ3v) is 5.74. The molecule has 4 N–H and O–H groups in total. The molecule has 0 saturated carbocycles. The highest BCUT2D eigenvalue weighted by Gasteiger charge is 2.19. The third-order valence-electron chi connectivity index (χ3n) is 5.74. The molecule has 0 saturated heterocycles. The first-order chi connectivity index (χ1) is 13.8. The highest BCUT2D eigenvalue weighted by molar-refractivity contribution is 5.93. The van der Waals surface area contributed by atoms with Crippen LogP contribution in [0.15, 0.2) is 28.8 Å². The lowest BCUT2D eigenvalue weighted by molar-refractivity contribution is 0.458. The minimum atomic E-state index is 0.189. The van der Waals surface area contributed by atoms with Crippen LogP contribution in [0.2, 0.25) is 0 Å². The Morgan fingerprint density at radius 2 is 1.76 bits per heavy atom. The van der Waals surface area contributed by atoms with Crippen LogP contribution in [0, 0.1) is 13.8 Å². The fourth-order valence-electron chi connectivity index (χ4n) is 4.05. The van der Waals surface area contributed by atoms with E-state index in [2.05, 4.69) is 49.1 Å². The predicted octanol–water partition coefficient (Wildman–Crippen LogP) is 5.02. The van der Waals surface area contributed by atoms with Crippen LogP contribution < -0.4 is 11.5 Å². The number of aromatic nitrogens is 3. The van der Waals surface area contributed by atoms with Crippen LogP contribution in [-0.2, 0) is 6.42 Å². The molecule has 150 valence electrons. The Bertz CT molecular complexity index is 1230. The first-order valence-corrected chi connectivity index (χ1v) is 9.97. The summed E-state index contributed by atoms with van der Waals surface area (Å²) in [5, 5.41) is 5.73. The topological polar surface area (TPSA) is 104 Å². The number of nitrogen functional groups attached to an aromatic ring is 2. The van der Waals surface area contributed by atoms with Crippen molar-refractivity contribution in [3.8, 4) is 0 Å². The number of nitrogens with zero attached hydrogens (tertiary/aromatic N) is 3. The maximum absolute atomic E-state index is 6.24. The van der Waals surface area contributed by atoms with Crippen molar-refractivity contribution < 1.29 is 4.52 Å². The molecule has 1 unspecified atom stereocenters. The Labute approximate surface area is 170 Å². The van der Waals surface area contributed by atoms with Crippen molar-refractivity contribution in [1.82, 2.24) is 15.1 Å². The average Bonchev–Trinajstić information content (AvgIpc) is 3.06.